The Morgan fingerprint density at radius 3 is 2.67 bits per heavy atom. The highest BCUT2D eigenvalue weighted by molar-refractivity contribution is 7.98. The van der Waals surface area contributed by atoms with Crippen molar-refractivity contribution in [1.29, 1.82) is 0 Å². The van der Waals surface area contributed by atoms with Crippen molar-refractivity contribution < 1.29 is 0 Å². The van der Waals surface area contributed by atoms with Crippen molar-refractivity contribution in [2.24, 2.45) is 5.92 Å². The lowest BCUT2D eigenvalue weighted by molar-refractivity contribution is 0.346. The van der Waals surface area contributed by atoms with Gasteiger partial charge in [-0.3, -0.25) is 0 Å². The largest absolute Gasteiger partial charge is 0.316 e. The van der Waals surface area contributed by atoms with E-state index in [0.717, 1.165) is 12.3 Å². The van der Waals surface area contributed by atoms with Crippen LogP contribution in [0.3, 0.4) is 0 Å². The van der Waals surface area contributed by atoms with E-state index in [1.165, 1.54) is 30.0 Å². The molecule has 1 aliphatic rings. The summed E-state index contributed by atoms with van der Waals surface area (Å²) in [6, 6.07) is 6.92. The first-order valence-corrected chi connectivity index (χ1v) is 6.92. The van der Waals surface area contributed by atoms with Gasteiger partial charge in [-0.1, -0.05) is 13.0 Å². The minimum absolute atomic E-state index is 0.868. The summed E-state index contributed by atoms with van der Waals surface area (Å²) in [5.74, 6) is 0.868. The SMILES string of the molecule is CCc1ccc(SC)cc1CC1CNC1. The van der Waals surface area contributed by atoms with E-state index in [1.54, 1.807) is 5.56 Å². The summed E-state index contributed by atoms with van der Waals surface area (Å²) >= 11 is 1.84. The average Bonchev–Trinajstić information content (AvgIpc) is 2.23. The zero-order chi connectivity index (χ0) is 10.7. The number of nitrogens with one attached hydrogen (secondary N) is 1. The van der Waals surface area contributed by atoms with Gasteiger partial charge in [-0.2, -0.15) is 0 Å². The second kappa shape index (κ2) is 5.04. The van der Waals surface area contributed by atoms with Gasteiger partial charge in [-0.05, 0) is 61.4 Å². The zero-order valence-electron chi connectivity index (χ0n) is 9.55. The third-order valence-electron chi connectivity index (χ3n) is 3.17. The molecule has 0 unspecified atom stereocenters. The fourth-order valence-electron chi connectivity index (χ4n) is 2.07. The molecule has 1 aromatic carbocycles. The molecule has 1 saturated heterocycles. The molecule has 0 aromatic heterocycles. The standard InChI is InChI=1S/C13H19NS/c1-3-11-4-5-13(15-2)7-12(11)6-10-8-14-9-10/h4-5,7,10,14H,3,6,8-9H2,1-2H3. The maximum Gasteiger partial charge on any atom is 0.00720 e. The van der Waals surface area contributed by atoms with Crippen molar-refractivity contribution in [3.8, 4) is 0 Å². The van der Waals surface area contributed by atoms with Gasteiger partial charge in [0.1, 0.15) is 0 Å². The van der Waals surface area contributed by atoms with E-state index in [9.17, 15) is 0 Å². The Hall–Kier alpha value is -0.470. The van der Waals surface area contributed by atoms with Crippen molar-refractivity contribution in [2.45, 2.75) is 24.7 Å². The molecule has 1 heterocycles. The molecule has 1 fully saturated rings. The van der Waals surface area contributed by atoms with Crippen molar-refractivity contribution in [2.75, 3.05) is 19.3 Å². The molecule has 0 saturated carbocycles. The van der Waals surface area contributed by atoms with Gasteiger partial charge in [-0.25, -0.2) is 0 Å². The van der Waals surface area contributed by atoms with Crippen LogP contribution < -0.4 is 5.32 Å². The third-order valence-corrected chi connectivity index (χ3v) is 3.89. The second-order valence-electron chi connectivity index (χ2n) is 4.22. The summed E-state index contributed by atoms with van der Waals surface area (Å²) in [7, 11) is 0. The fourth-order valence-corrected chi connectivity index (χ4v) is 2.53. The number of aryl methyl sites for hydroxylation is 1. The van der Waals surface area contributed by atoms with E-state index in [1.807, 2.05) is 11.8 Å². The highest BCUT2D eigenvalue weighted by atomic mass is 32.2. The third kappa shape index (κ3) is 2.56. The molecule has 1 nitrogen and oxygen atoms in total. The van der Waals surface area contributed by atoms with Crippen LogP contribution in [-0.4, -0.2) is 19.3 Å². The van der Waals surface area contributed by atoms with Crippen LogP contribution in [0, 0.1) is 5.92 Å². The molecule has 15 heavy (non-hydrogen) atoms. The molecule has 0 atom stereocenters. The molecule has 2 heteroatoms. The predicted octanol–water partition coefficient (Wildman–Crippen LogP) is 2.73. The molecular weight excluding hydrogens is 202 g/mol. The molecule has 0 aliphatic carbocycles. The van der Waals surface area contributed by atoms with E-state index < -0.39 is 0 Å². The van der Waals surface area contributed by atoms with E-state index in [2.05, 4.69) is 36.7 Å². The summed E-state index contributed by atoms with van der Waals surface area (Å²) in [6.07, 6.45) is 4.56. The first kappa shape index (κ1) is 11.0. The predicted molar refractivity (Wildman–Crippen MR) is 67.7 cm³/mol. The monoisotopic (exact) mass is 221 g/mol. The first-order valence-electron chi connectivity index (χ1n) is 5.70. The lowest BCUT2D eigenvalue weighted by Gasteiger charge is -2.28. The number of hydrogen-bond acceptors (Lipinski definition) is 2. The Kier molecular flexibility index (Phi) is 3.71. The minimum Gasteiger partial charge on any atom is -0.316 e. The first-order chi connectivity index (χ1) is 7.33. The summed E-state index contributed by atoms with van der Waals surface area (Å²) in [6.45, 7) is 4.65. The van der Waals surface area contributed by atoms with Gasteiger partial charge in [-0.15, -0.1) is 11.8 Å². The smallest absolute Gasteiger partial charge is 0.00720 e. The minimum atomic E-state index is 0.868. The van der Waals surface area contributed by atoms with Gasteiger partial charge >= 0.3 is 0 Å². The summed E-state index contributed by atoms with van der Waals surface area (Å²) < 4.78 is 0. The average molecular weight is 221 g/mol. The van der Waals surface area contributed by atoms with E-state index in [-0.39, 0.29) is 0 Å². The van der Waals surface area contributed by atoms with Crippen molar-refractivity contribution >= 4 is 11.8 Å². The van der Waals surface area contributed by atoms with Crippen LogP contribution in [-0.2, 0) is 12.8 Å². The summed E-state index contributed by atoms with van der Waals surface area (Å²) in [5.41, 5.74) is 3.09. The molecule has 1 aromatic rings. The van der Waals surface area contributed by atoms with Crippen molar-refractivity contribution in [1.82, 2.24) is 5.32 Å². The van der Waals surface area contributed by atoms with Gasteiger partial charge in [0.2, 0.25) is 0 Å². The molecule has 82 valence electrons. The topological polar surface area (TPSA) is 12.0 Å². The number of benzene rings is 1. The number of rotatable bonds is 4. The summed E-state index contributed by atoms with van der Waals surface area (Å²) in [5, 5.41) is 3.34. The highest BCUT2D eigenvalue weighted by Crippen LogP contribution is 2.23. The van der Waals surface area contributed by atoms with Crippen LogP contribution in [0.15, 0.2) is 23.1 Å². The van der Waals surface area contributed by atoms with Crippen LogP contribution in [0.1, 0.15) is 18.1 Å². The molecule has 1 N–H and O–H groups in total. The molecule has 1 aliphatic heterocycles. The Balaban J connectivity index is 2.16. The van der Waals surface area contributed by atoms with E-state index >= 15 is 0 Å². The number of thioether (sulfide) groups is 1. The fraction of sp³-hybridized carbons (Fsp3) is 0.538. The molecule has 0 radical (unpaired) electrons. The zero-order valence-corrected chi connectivity index (χ0v) is 10.4. The van der Waals surface area contributed by atoms with Gasteiger partial charge in [0.25, 0.3) is 0 Å². The normalized spacial score (nSPS) is 16.4. The molecule has 0 spiro atoms. The van der Waals surface area contributed by atoms with Gasteiger partial charge in [0.15, 0.2) is 0 Å². The van der Waals surface area contributed by atoms with Gasteiger partial charge in [0.05, 0.1) is 0 Å². The van der Waals surface area contributed by atoms with Crippen LogP contribution in [0.2, 0.25) is 0 Å². The van der Waals surface area contributed by atoms with Crippen molar-refractivity contribution in [3.05, 3.63) is 29.3 Å². The van der Waals surface area contributed by atoms with Crippen LogP contribution in [0.5, 0.6) is 0 Å². The molecule has 0 amide bonds. The Bertz CT molecular complexity index is 331. The second-order valence-corrected chi connectivity index (χ2v) is 5.10. The molecular formula is C13H19NS. The van der Waals surface area contributed by atoms with Crippen LogP contribution in [0.25, 0.3) is 0 Å². The Morgan fingerprint density at radius 1 is 1.33 bits per heavy atom. The lowest BCUT2D eigenvalue weighted by atomic mass is 9.91. The van der Waals surface area contributed by atoms with E-state index in [0.29, 0.717) is 0 Å². The number of hydrogen-bond donors (Lipinski definition) is 1. The molecule has 2 rings (SSSR count). The maximum absolute atomic E-state index is 3.34. The van der Waals surface area contributed by atoms with Gasteiger partial charge < -0.3 is 5.32 Å². The molecule has 0 bridgehead atoms. The Labute approximate surface area is 96.7 Å². The summed E-state index contributed by atoms with van der Waals surface area (Å²) in [4.78, 5) is 1.40. The maximum atomic E-state index is 3.34. The van der Waals surface area contributed by atoms with Crippen LogP contribution >= 0.6 is 11.8 Å². The van der Waals surface area contributed by atoms with Crippen molar-refractivity contribution in [3.63, 3.8) is 0 Å². The van der Waals surface area contributed by atoms with E-state index in [4.69, 9.17) is 0 Å². The Morgan fingerprint density at radius 2 is 2.13 bits per heavy atom. The van der Waals surface area contributed by atoms with Gasteiger partial charge in [0, 0.05) is 4.90 Å². The van der Waals surface area contributed by atoms with Crippen LogP contribution in [0.4, 0.5) is 0 Å². The lowest BCUT2D eigenvalue weighted by Crippen LogP contribution is -2.43. The quantitative estimate of drug-likeness (QED) is 0.785. The highest BCUT2D eigenvalue weighted by Gasteiger charge is 2.18.